The molecule has 0 spiro atoms. The smallest absolute Gasteiger partial charge is 0.381 e. The fourth-order valence-corrected chi connectivity index (χ4v) is 1.85. The van der Waals surface area contributed by atoms with Crippen molar-refractivity contribution in [3.05, 3.63) is 0 Å². The third-order valence-electron chi connectivity index (χ3n) is 2.62. The molecule has 5 heteroatoms. The summed E-state index contributed by atoms with van der Waals surface area (Å²) >= 11 is 0. The van der Waals surface area contributed by atoms with Gasteiger partial charge in [-0.2, -0.15) is 13.2 Å². The summed E-state index contributed by atoms with van der Waals surface area (Å²) in [7, 11) is 0. The van der Waals surface area contributed by atoms with Gasteiger partial charge in [-0.1, -0.05) is 6.92 Å². The van der Waals surface area contributed by atoms with Crippen molar-refractivity contribution in [3.63, 3.8) is 0 Å². The van der Waals surface area contributed by atoms with Crippen LogP contribution < -0.4 is 5.32 Å². The molecule has 84 valence electrons. The van der Waals surface area contributed by atoms with E-state index in [0.29, 0.717) is 19.6 Å². The van der Waals surface area contributed by atoms with Crippen LogP contribution in [-0.2, 0) is 4.74 Å². The molecule has 1 aliphatic rings. The lowest BCUT2D eigenvalue weighted by Gasteiger charge is -2.35. The van der Waals surface area contributed by atoms with Gasteiger partial charge in [0.25, 0.3) is 0 Å². The van der Waals surface area contributed by atoms with Crippen LogP contribution in [0.2, 0.25) is 0 Å². The van der Waals surface area contributed by atoms with Crippen molar-refractivity contribution >= 4 is 0 Å². The van der Waals surface area contributed by atoms with Crippen LogP contribution in [0.4, 0.5) is 13.2 Å². The molecule has 2 nitrogen and oxygen atoms in total. The molecule has 1 N–H and O–H groups in total. The monoisotopic (exact) mass is 211 g/mol. The maximum Gasteiger partial charge on any atom is 0.406 e. The summed E-state index contributed by atoms with van der Waals surface area (Å²) < 4.78 is 43.6. The molecule has 0 bridgehead atoms. The van der Waals surface area contributed by atoms with Gasteiger partial charge in [-0.15, -0.1) is 0 Å². The summed E-state index contributed by atoms with van der Waals surface area (Å²) in [5.41, 5.74) is -1.72. The second kappa shape index (κ2) is 4.49. The van der Waals surface area contributed by atoms with E-state index in [9.17, 15) is 13.2 Å². The predicted molar refractivity (Wildman–Crippen MR) is 47.1 cm³/mol. The Morgan fingerprint density at radius 3 is 2.57 bits per heavy atom. The quantitative estimate of drug-likeness (QED) is 0.755. The van der Waals surface area contributed by atoms with E-state index >= 15 is 0 Å². The number of hydrogen-bond donors (Lipinski definition) is 1. The Balaban J connectivity index is 2.77. The summed E-state index contributed by atoms with van der Waals surface area (Å²) in [5.74, 6) is 0. The van der Waals surface area contributed by atoms with E-state index in [-0.39, 0.29) is 19.4 Å². The second-order valence-electron chi connectivity index (χ2n) is 3.58. The van der Waals surface area contributed by atoms with Gasteiger partial charge in [0.2, 0.25) is 0 Å². The maximum absolute atomic E-state index is 12.8. The third kappa shape index (κ3) is 2.39. The molecule has 1 rings (SSSR count). The average Bonchev–Trinajstić information content (AvgIpc) is 2.30. The van der Waals surface area contributed by atoms with Gasteiger partial charge in [0.05, 0.1) is 0 Å². The van der Waals surface area contributed by atoms with Gasteiger partial charge in [-0.25, -0.2) is 0 Å². The van der Waals surface area contributed by atoms with E-state index in [1.807, 2.05) is 0 Å². The summed E-state index contributed by atoms with van der Waals surface area (Å²) in [6.07, 6.45) is -3.59. The van der Waals surface area contributed by atoms with Crippen LogP contribution in [0.25, 0.3) is 0 Å². The summed E-state index contributed by atoms with van der Waals surface area (Å²) in [4.78, 5) is 0. The molecule has 14 heavy (non-hydrogen) atoms. The lowest BCUT2D eigenvalue weighted by atomic mass is 9.90. The maximum atomic E-state index is 12.8. The Bertz CT molecular complexity index is 173. The van der Waals surface area contributed by atoms with Crippen LogP contribution in [0, 0.1) is 0 Å². The minimum Gasteiger partial charge on any atom is -0.381 e. The normalized spacial score (nSPS) is 30.0. The number of nitrogens with one attached hydrogen (secondary N) is 1. The lowest BCUT2D eigenvalue weighted by molar-refractivity contribution is -0.200. The van der Waals surface area contributed by atoms with E-state index in [0.717, 1.165) is 0 Å². The zero-order valence-corrected chi connectivity index (χ0v) is 8.28. The summed E-state index contributed by atoms with van der Waals surface area (Å²) in [6.45, 7) is 2.65. The molecule has 0 aliphatic carbocycles. The summed E-state index contributed by atoms with van der Waals surface area (Å²) in [6, 6.07) is 0. The molecular formula is C9H16F3NO. The Morgan fingerprint density at radius 2 is 2.00 bits per heavy atom. The van der Waals surface area contributed by atoms with E-state index < -0.39 is 11.7 Å². The van der Waals surface area contributed by atoms with Gasteiger partial charge in [0.1, 0.15) is 5.54 Å². The molecular weight excluding hydrogens is 195 g/mol. The van der Waals surface area contributed by atoms with E-state index in [1.165, 1.54) is 0 Å². The van der Waals surface area contributed by atoms with E-state index in [2.05, 4.69) is 5.32 Å². The molecule has 1 unspecified atom stereocenters. The number of alkyl halides is 3. The molecule has 1 atom stereocenters. The molecule has 1 fully saturated rings. The first-order valence-corrected chi connectivity index (χ1v) is 4.91. The highest BCUT2D eigenvalue weighted by molar-refractivity contribution is 4.95. The second-order valence-corrected chi connectivity index (χ2v) is 3.58. The molecule has 0 aromatic carbocycles. The molecule has 1 saturated heterocycles. The minimum absolute atomic E-state index is 0.0182. The van der Waals surface area contributed by atoms with Crippen LogP contribution in [0.3, 0.4) is 0 Å². The highest BCUT2D eigenvalue weighted by Gasteiger charge is 2.53. The van der Waals surface area contributed by atoms with Crippen molar-refractivity contribution < 1.29 is 17.9 Å². The fraction of sp³-hybridized carbons (Fsp3) is 1.00. The van der Waals surface area contributed by atoms with Crippen molar-refractivity contribution in [1.29, 1.82) is 0 Å². The van der Waals surface area contributed by atoms with E-state index in [4.69, 9.17) is 4.74 Å². The zero-order chi connectivity index (χ0) is 10.7. The van der Waals surface area contributed by atoms with E-state index in [1.54, 1.807) is 6.92 Å². The Hall–Kier alpha value is -0.290. The van der Waals surface area contributed by atoms with Crippen molar-refractivity contribution in [1.82, 2.24) is 5.32 Å². The molecule has 1 heterocycles. The molecule has 0 amide bonds. The van der Waals surface area contributed by atoms with Crippen molar-refractivity contribution in [2.75, 3.05) is 19.8 Å². The van der Waals surface area contributed by atoms with Gasteiger partial charge in [0, 0.05) is 13.2 Å². The van der Waals surface area contributed by atoms with Gasteiger partial charge in [-0.3, -0.25) is 0 Å². The standard InChI is InChI=1S/C9H16F3NO/c1-2-13-8(9(10,11)12)4-3-6-14-7-5-8/h13H,2-7H2,1H3. The largest absolute Gasteiger partial charge is 0.406 e. The van der Waals surface area contributed by atoms with Gasteiger partial charge in [0.15, 0.2) is 0 Å². The van der Waals surface area contributed by atoms with Crippen LogP contribution in [-0.4, -0.2) is 31.5 Å². The number of hydrogen-bond acceptors (Lipinski definition) is 2. The number of rotatable bonds is 2. The predicted octanol–water partition coefficient (Wildman–Crippen LogP) is 2.10. The van der Waals surface area contributed by atoms with Crippen LogP contribution in [0.15, 0.2) is 0 Å². The van der Waals surface area contributed by atoms with Gasteiger partial charge in [-0.05, 0) is 25.8 Å². The van der Waals surface area contributed by atoms with Crippen molar-refractivity contribution in [2.45, 2.75) is 37.9 Å². The molecule has 0 aromatic heterocycles. The van der Waals surface area contributed by atoms with Crippen molar-refractivity contribution in [2.24, 2.45) is 0 Å². The first kappa shape index (κ1) is 11.8. The Labute approximate surface area is 81.8 Å². The van der Waals surface area contributed by atoms with Crippen LogP contribution in [0.1, 0.15) is 26.2 Å². The molecule has 1 aliphatic heterocycles. The highest BCUT2D eigenvalue weighted by atomic mass is 19.4. The third-order valence-corrected chi connectivity index (χ3v) is 2.62. The average molecular weight is 211 g/mol. The topological polar surface area (TPSA) is 21.3 Å². The molecule has 0 saturated carbocycles. The fourth-order valence-electron chi connectivity index (χ4n) is 1.85. The number of halogens is 3. The summed E-state index contributed by atoms with van der Waals surface area (Å²) in [5, 5.41) is 2.57. The zero-order valence-electron chi connectivity index (χ0n) is 8.28. The van der Waals surface area contributed by atoms with Crippen LogP contribution >= 0.6 is 0 Å². The van der Waals surface area contributed by atoms with Gasteiger partial charge < -0.3 is 10.1 Å². The highest BCUT2D eigenvalue weighted by Crippen LogP contribution is 2.37. The first-order valence-electron chi connectivity index (χ1n) is 4.91. The molecule has 0 radical (unpaired) electrons. The van der Waals surface area contributed by atoms with Crippen LogP contribution in [0.5, 0.6) is 0 Å². The first-order chi connectivity index (χ1) is 6.52. The minimum atomic E-state index is -4.18. The number of ether oxygens (including phenoxy) is 1. The lowest BCUT2D eigenvalue weighted by Crippen LogP contribution is -2.56. The SMILES string of the molecule is CCNC1(C(F)(F)F)CCCOCC1. The Kier molecular flexibility index (Phi) is 3.78. The van der Waals surface area contributed by atoms with Crippen molar-refractivity contribution in [3.8, 4) is 0 Å². The Morgan fingerprint density at radius 1 is 1.29 bits per heavy atom. The van der Waals surface area contributed by atoms with Gasteiger partial charge >= 0.3 is 6.18 Å². The molecule has 0 aromatic rings.